The summed E-state index contributed by atoms with van der Waals surface area (Å²) in [6.07, 6.45) is 3.49. The van der Waals surface area contributed by atoms with Crippen LogP contribution in [0.3, 0.4) is 0 Å². The van der Waals surface area contributed by atoms with Gasteiger partial charge in [0, 0.05) is 25.0 Å². The van der Waals surface area contributed by atoms with E-state index < -0.39 is 0 Å². The minimum absolute atomic E-state index is 0.0185. The summed E-state index contributed by atoms with van der Waals surface area (Å²) in [5.41, 5.74) is 1.82. The molecule has 0 spiro atoms. The Morgan fingerprint density at radius 1 is 1.24 bits per heavy atom. The van der Waals surface area contributed by atoms with E-state index in [4.69, 9.17) is 37.7 Å². The van der Waals surface area contributed by atoms with Crippen LogP contribution in [0.25, 0.3) is 0 Å². The minimum atomic E-state index is -0.177. The summed E-state index contributed by atoms with van der Waals surface area (Å²) in [4.78, 5) is 17.0. The molecule has 0 bridgehead atoms. The molecule has 3 rings (SSSR count). The van der Waals surface area contributed by atoms with Gasteiger partial charge in [0.25, 0.3) is 0 Å². The summed E-state index contributed by atoms with van der Waals surface area (Å²) in [5.74, 6) is 0.426. The number of hydrogen-bond acceptors (Lipinski definition) is 4. The molecule has 1 aliphatic carbocycles. The van der Waals surface area contributed by atoms with Gasteiger partial charge in [-0.05, 0) is 30.0 Å². The van der Waals surface area contributed by atoms with Gasteiger partial charge in [0.2, 0.25) is 0 Å². The molecule has 0 radical (unpaired) electrons. The van der Waals surface area contributed by atoms with Crippen LogP contribution in [-0.2, 0) is 14.3 Å². The Morgan fingerprint density at radius 2 is 1.96 bits per heavy atom. The molecular weight excluding hydrogens is 361 g/mol. The molecule has 0 amide bonds. The number of halogens is 2. The molecule has 2 unspecified atom stereocenters. The van der Waals surface area contributed by atoms with Crippen molar-refractivity contribution in [2.45, 2.75) is 51.2 Å². The third-order valence-electron chi connectivity index (χ3n) is 4.67. The van der Waals surface area contributed by atoms with Crippen molar-refractivity contribution >= 4 is 34.9 Å². The van der Waals surface area contributed by atoms with Gasteiger partial charge in [-0.25, -0.2) is 0 Å². The fraction of sp³-hybridized carbons (Fsp3) is 0.579. The second kappa shape index (κ2) is 8.52. The van der Waals surface area contributed by atoms with E-state index in [0.717, 1.165) is 30.5 Å². The van der Waals surface area contributed by atoms with Crippen LogP contribution in [0.4, 0.5) is 0 Å². The smallest absolute Gasteiger partial charge is 0.306 e. The van der Waals surface area contributed by atoms with E-state index >= 15 is 0 Å². The molecule has 1 saturated carbocycles. The third-order valence-corrected chi connectivity index (χ3v) is 5.41. The highest BCUT2D eigenvalue weighted by Gasteiger charge is 2.32. The van der Waals surface area contributed by atoms with E-state index in [-0.39, 0.29) is 12.1 Å². The molecule has 2 fully saturated rings. The molecule has 6 heteroatoms. The molecule has 1 heterocycles. The zero-order chi connectivity index (χ0) is 17.8. The van der Waals surface area contributed by atoms with Crippen LogP contribution in [0, 0.1) is 5.92 Å². The maximum absolute atomic E-state index is 12.2. The number of benzene rings is 1. The molecule has 25 heavy (non-hydrogen) atoms. The zero-order valence-corrected chi connectivity index (χ0v) is 15.9. The Labute approximate surface area is 158 Å². The molecule has 1 aliphatic heterocycles. The lowest BCUT2D eigenvalue weighted by Gasteiger charge is -2.22. The van der Waals surface area contributed by atoms with E-state index in [1.807, 2.05) is 12.1 Å². The van der Waals surface area contributed by atoms with Crippen LogP contribution >= 0.6 is 23.2 Å². The molecular formula is C19H23Cl2NO3. The van der Waals surface area contributed by atoms with Crippen molar-refractivity contribution in [1.82, 2.24) is 0 Å². The lowest BCUT2D eigenvalue weighted by atomic mass is 10.1. The maximum Gasteiger partial charge on any atom is 0.306 e. The van der Waals surface area contributed by atoms with Gasteiger partial charge in [-0.3, -0.25) is 9.79 Å². The molecule has 0 aromatic heterocycles. The monoisotopic (exact) mass is 383 g/mol. The predicted molar refractivity (Wildman–Crippen MR) is 99.7 cm³/mol. The lowest BCUT2D eigenvalue weighted by Crippen LogP contribution is -2.26. The Balaban J connectivity index is 1.62. The average Bonchev–Trinajstić information content (AvgIpc) is 3.30. The van der Waals surface area contributed by atoms with Gasteiger partial charge in [0.1, 0.15) is 6.10 Å². The fourth-order valence-corrected chi connectivity index (χ4v) is 3.20. The van der Waals surface area contributed by atoms with Gasteiger partial charge in [-0.15, -0.1) is 0 Å². The van der Waals surface area contributed by atoms with Crippen LogP contribution in [0.1, 0.15) is 44.6 Å². The maximum atomic E-state index is 12.2. The number of nitrogens with zero attached hydrogens (tertiary/aromatic N) is 1. The van der Waals surface area contributed by atoms with Crippen LogP contribution in [0.5, 0.6) is 0 Å². The van der Waals surface area contributed by atoms with Crippen LogP contribution in [0.15, 0.2) is 23.2 Å². The first-order valence-electron chi connectivity index (χ1n) is 8.82. The van der Waals surface area contributed by atoms with Crippen molar-refractivity contribution in [3.8, 4) is 0 Å². The van der Waals surface area contributed by atoms with Crippen molar-refractivity contribution in [3.05, 3.63) is 33.8 Å². The van der Waals surface area contributed by atoms with Crippen molar-refractivity contribution in [2.75, 3.05) is 13.2 Å². The predicted octanol–water partition coefficient (Wildman–Crippen LogP) is 4.69. The second-order valence-electron chi connectivity index (χ2n) is 6.79. The van der Waals surface area contributed by atoms with E-state index in [1.165, 1.54) is 0 Å². The number of rotatable bonds is 6. The molecule has 4 nitrogen and oxygen atoms in total. The van der Waals surface area contributed by atoms with Crippen molar-refractivity contribution in [2.24, 2.45) is 10.9 Å². The number of ether oxygens (including phenoxy) is 2. The first-order chi connectivity index (χ1) is 12.0. The first kappa shape index (κ1) is 18.7. The Hall–Kier alpha value is -1.10. The van der Waals surface area contributed by atoms with E-state index in [9.17, 15) is 4.79 Å². The third kappa shape index (κ3) is 5.44. The van der Waals surface area contributed by atoms with Crippen molar-refractivity contribution in [1.29, 1.82) is 0 Å². The van der Waals surface area contributed by atoms with E-state index in [0.29, 0.717) is 48.1 Å². The first-order valence-corrected chi connectivity index (χ1v) is 9.58. The van der Waals surface area contributed by atoms with Gasteiger partial charge in [0.15, 0.2) is 0 Å². The van der Waals surface area contributed by atoms with Crippen LogP contribution in [0.2, 0.25) is 10.0 Å². The van der Waals surface area contributed by atoms with Gasteiger partial charge in [-0.1, -0.05) is 36.2 Å². The summed E-state index contributed by atoms with van der Waals surface area (Å²) in [7, 11) is 0. The summed E-state index contributed by atoms with van der Waals surface area (Å²) >= 11 is 12.1. The van der Waals surface area contributed by atoms with Gasteiger partial charge < -0.3 is 9.47 Å². The summed E-state index contributed by atoms with van der Waals surface area (Å²) in [6.45, 7) is 3.50. The van der Waals surface area contributed by atoms with Gasteiger partial charge in [0.05, 0.1) is 35.7 Å². The quantitative estimate of drug-likeness (QED) is 0.528. The molecule has 2 aliphatic rings. The minimum Gasteiger partial charge on any atom is -0.462 e. The molecule has 1 saturated heterocycles. The lowest BCUT2D eigenvalue weighted by molar-refractivity contribution is -0.152. The highest BCUT2D eigenvalue weighted by Crippen LogP contribution is 2.34. The Morgan fingerprint density at radius 3 is 2.60 bits per heavy atom. The number of carbonyl (C=O) groups excluding carboxylic acids is 1. The van der Waals surface area contributed by atoms with Gasteiger partial charge in [-0.2, -0.15) is 0 Å². The SMILES string of the molecule is CC1CC1/N=C(\CCC(=O)OC1CCOCC1)c1ccc(Cl)c(Cl)c1. The van der Waals surface area contributed by atoms with E-state index in [1.54, 1.807) is 6.07 Å². The zero-order valence-electron chi connectivity index (χ0n) is 14.3. The summed E-state index contributed by atoms with van der Waals surface area (Å²) < 4.78 is 10.8. The topological polar surface area (TPSA) is 47.9 Å². The van der Waals surface area contributed by atoms with Crippen molar-refractivity contribution in [3.63, 3.8) is 0 Å². The largest absolute Gasteiger partial charge is 0.462 e. The van der Waals surface area contributed by atoms with Crippen molar-refractivity contribution < 1.29 is 14.3 Å². The summed E-state index contributed by atoms with van der Waals surface area (Å²) in [6, 6.07) is 5.84. The molecule has 1 aromatic rings. The van der Waals surface area contributed by atoms with Gasteiger partial charge >= 0.3 is 5.97 Å². The number of aliphatic imine (C=N–C) groups is 1. The van der Waals surface area contributed by atoms with Crippen LogP contribution < -0.4 is 0 Å². The standard InChI is InChI=1S/C19H23Cl2NO3/c1-12-10-18(12)22-17(13-2-3-15(20)16(21)11-13)4-5-19(23)25-14-6-8-24-9-7-14/h2-3,11-12,14,18H,4-10H2,1H3/b22-17+. The molecule has 2 atom stereocenters. The molecule has 1 aromatic carbocycles. The van der Waals surface area contributed by atoms with Crippen LogP contribution in [-0.4, -0.2) is 37.0 Å². The Bertz CT molecular complexity index is 656. The molecule has 136 valence electrons. The number of esters is 1. The normalized spacial score (nSPS) is 24.2. The fourth-order valence-electron chi connectivity index (χ4n) is 2.90. The van der Waals surface area contributed by atoms with E-state index in [2.05, 4.69) is 6.92 Å². The molecule has 0 N–H and O–H groups in total. The Kier molecular flexibility index (Phi) is 6.37. The second-order valence-corrected chi connectivity index (χ2v) is 7.60. The highest BCUT2D eigenvalue weighted by atomic mass is 35.5. The number of carbonyl (C=O) groups is 1. The summed E-state index contributed by atoms with van der Waals surface area (Å²) in [5, 5.41) is 1.02. The highest BCUT2D eigenvalue weighted by molar-refractivity contribution is 6.42. The average molecular weight is 384 g/mol. The number of hydrogen-bond donors (Lipinski definition) is 0.